The van der Waals surface area contributed by atoms with E-state index in [0.29, 0.717) is 31.4 Å². The number of rotatable bonds is 16. The van der Waals surface area contributed by atoms with Crippen molar-refractivity contribution >= 4 is 29.2 Å². The molecular formula is C36H53N3O6. The summed E-state index contributed by atoms with van der Waals surface area (Å²) >= 11 is 0. The predicted octanol–water partition coefficient (Wildman–Crippen LogP) is 4.98. The molecule has 3 fully saturated rings. The first kappa shape index (κ1) is 34.7. The third kappa shape index (κ3) is 5.82. The minimum Gasteiger partial charge on any atom is -0.465 e. The van der Waals surface area contributed by atoms with E-state index in [-0.39, 0.29) is 43.4 Å². The molecule has 3 heterocycles. The first-order chi connectivity index (χ1) is 21.5. The molecule has 248 valence electrons. The summed E-state index contributed by atoms with van der Waals surface area (Å²) in [6, 6.07) is 6.18. The molecule has 1 N–H and O–H groups in total. The van der Waals surface area contributed by atoms with Crippen molar-refractivity contribution < 1.29 is 29.0 Å². The number of hydrogen-bond acceptors (Lipinski definition) is 7. The number of allylic oxidation sites excluding steroid dienone is 1. The molecule has 2 bridgehead atoms. The average Bonchev–Trinajstić information content (AvgIpc) is 3.55. The lowest BCUT2D eigenvalue weighted by atomic mass is 9.62. The molecule has 9 heteroatoms. The SMILES string of the molecule is C=CCCCOC(=O)[C@H]1[C@H]2C(=O)N([C@@H](CO)[C@@H](C)CC)C(C(=O)N(CC=C)c3ccc(N(CC)CC)cc3)C23CC(C)[C@]1(C)O3. The number of carbonyl (C=O) groups excluding carboxylic acids is 3. The van der Waals surface area contributed by atoms with Gasteiger partial charge in [0.25, 0.3) is 5.91 Å². The molecule has 3 aliphatic rings. The van der Waals surface area contributed by atoms with Gasteiger partial charge in [-0.15, -0.1) is 13.2 Å². The number of esters is 1. The van der Waals surface area contributed by atoms with Crippen molar-refractivity contribution in [2.75, 3.05) is 42.6 Å². The van der Waals surface area contributed by atoms with Crippen molar-refractivity contribution in [2.24, 2.45) is 23.7 Å². The summed E-state index contributed by atoms with van der Waals surface area (Å²) in [6.07, 6.45) is 5.93. The number of ether oxygens (including phenoxy) is 2. The third-order valence-corrected chi connectivity index (χ3v) is 10.8. The number of hydrogen-bond donors (Lipinski definition) is 1. The molecule has 1 aromatic rings. The van der Waals surface area contributed by atoms with Crippen LogP contribution in [0.4, 0.5) is 11.4 Å². The van der Waals surface area contributed by atoms with Crippen molar-refractivity contribution in [1.29, 1.82) is 0 Å². The quantitative estimate of drug-likeness (QED) is 0.158. The van der Waals surface area contributed by atoms with Crippen LogP contribution in [-0.4, -0.2) is 83.9 Å². The van der Waals surface area contributed by atoms with Crippen molar-refractivity contribution in [3.8, 4) is 0 Å². The Bertz CT molecular complexity index is 1250. The van der Waals surface area contributed by atoms with Crippen LogP contribution >= 0.6 is 0 Å². The van der Waals surface area contributed by atoms with Gasteiger partial charge in [-0.2, -0.15) is 0 Å². The number of aliphatic hydroxyl groups excluding tert-OH is 1. The van der Waals surface area contributed by atoms with E-state index in [4.69, 9.17) is 9.47 Å². The lowest BCUT2D eigenvalue weighted by molar-refractivity contribution is -0.163. The largest absolute Gasteiger partial charge is 0.465 e. The number of amides is 2. The lowest BCUT2D eigenvalue weighted by Gasteiger charge is -2.41. The maximum atomic E-state index is 15.0. The number of aliphatic hydroxyl groups is 1. The summed E-state index contributed by atoms with van der Waals surface area (Å²) in [4.78, 5) is 48.9. The Labute approximate surface area is 269 Å². The van der Waals surface area contributed by atoms with E-state index < -0.39 is 41.1 Å². The number of anilines is 2. The summed E-state index contributed by atoms with van der Waals surface area (Å²) in [6.45, 7) is 21.6. The number of fused-ring (bicyclic) bond motifs is 1. The van der Waals surface area contributed by atoms with Gasteiger partial charge in [0.05, 0.1) is 30.8 Å². The van der Waals surface area contributed by atoms with E-state index in [0.717, 1.165) is 18.8 Å². The summed E-state index contributed by atoms with van der Waals surface area (Å²) < 4.78 is 12.6. The molecule has 9 nitrogen and oxygen atoms in total. The summed E-state index contributed by atoms with van der Waals surface area (Å²) in [5.74, 6) is -3.07. The Kier molecular flexibility index (Phi) is 10.9. The maximum Gasteiger partial charge on any atom is 0.312 e. The number of likely N-dealkylation sites (tertiary alicyclic amines) is 1. The standard InChI is InChI=1S/C36H53N3O6/c1-9-14-15-21-44-34(43)30-29-32(41)39(28(23-40)24(6)11-3)31(36(29)22-25(7)35(30,8)45-36)33(42)38(20-10-2)27-18-16-26(17-19-27)37(12-4)13-5/h9-10,16-19,24-25,28-31,40H,1-2,11-15,20-23H2,3-8H3/t24-,25?,28-,29-,30+,31?,35-,36?/m0/s1. The molecule has 3 unspecified atom stereocenters. The zero-order valence-electron chi connectivity index (χ0n) is 28.0. The van der Waals surface area contributed by atoms with Crippen molar-refractivity contribution in [2.45, 2.75) is 90.5 Å². The zero-order valence-corrected chi connectivity index (χ0v) is 28.0. The Morgan fingerprint density at radius 1 is 1.16 bits per heavy atom. The molecular weight excluding hydrogens is 570 g/mol. The van der Waals surface area contributed by atoms with Crippen LogP contribution in [-0.2, 0) is 23.9 Å². The van der Waals surface area contributed by atoms with E-state index in [1.807, 2.05) is 52.0 Å². The zero-order chi connectivity index (χ0) is 33.1. The molecule has 3 saturated heterocycles. The van der Waals surface area contributed by atoms with Gasteiger partial charge in [0.2, 0.25) is 5.91 Å². The number of unbranched alkanes of at least 4 members (excludes halogenated alkanes) is 1. The van der Waals surface area contributed by atoms with Gasteiger partial charge in [0.1, 0.15) is 17.6 Å². The van der Waals surface area contributed by atoms with Gasteiger partial charge in [0, 0.05) is 31.0 Å². The average molecular weight is 624 g/mol. The van der Waals surface area contributed by atoms with Gasteiger partial charge >= 0.3 is 5.97 Å². The predicted molar refractivity (Wildman–Crippen MR) is 177 cm³/mol. The Balaban J connectivity index is 1.81. The Morgan fingerprint density at radius 3 is 2.36 bits per heavy atom. The molecule has 0 aromatic heterocycles. The molecule has 45 heavy (non-hydrogen) atoms. The first-order valence-electron chi connectivity index (χ1n) is 16.7. The summed E-state index contributed by atoms with van der Waals surface area (Å²) in [5, 5.41) is 10.7. The van der Waals surface area contributed by atoms with E-state index in [1.54, 1.807) is 22.0 Å². The summed E-state index contributed by atoms with van der Waals surface area (Å²) in [5.41, 5.74) is -0.483. The lowest BCUT2D eigenvalue weighted by Crippen LogP contribution is -2.60. The molecule has 1 aromatic carbocycles. The van der Waals surface area contributed by atoms with E-state index in [9.17, 15) is 19.5 Å². The van der Waals surface area contributed by atoms with Crippen LogP contribution in [0.3, 0.4) is 0 Å². The van der Waals surface area contributed by atoms with Gasteiger partial charge in [-0.3, -0.25) is 14.4 Å². The highest BCUT2D eigenvalue weighted by molar-refractivity contribution is 6.05. The fourth-order valence-electron chi connectivity index (χ4n) is 8.01. The number of carbonyl (C=O) groups is 3. The normalized spacial score (nSPS) is 29.7. The number of nitrogens with zero attached hydrogens (tertiary/aromatic N) is 3. The smallest absolute Gasteiger partial charge is 0.312 e. The monoisotopic (exact) mass is 623 g/mol. The molecule has 4 rings (SSSR count). The van der Waals surface area contributed by atoms with Crippen LogP contribution in [0, 0.1) is 23.7 Å². The van der Waals surface area contributed by atoms with Gasteiger partial charge in [-0.1, -0.05) is 39.3 Å². The highest BCUT2D eigenvalue weighted by Gasteiger charge is 2.81. The minimum absolute atomic E-state index is 0.0970. The van der Waals surface area contributed by atoms with Crippen LogP contribution in [0.25, 0.3) is 0 Å². The Hall–Kier alpha value is -3.17. The van der Waals surface area contributed by atoms with E-state index in [1.165, 1.54) is 0 Å². The van der Waals surface area contributed by atoms with E-state index >= 15 is 0 Å². The molecule has 0 radical (unpaired) electrons. The summed E-state index contributed by atoms with van der Waals surface area (Å²) in [7, 11) is 0. The van der Waals surface area contributed by atoms with Gasteiger partial charge < -0.3 is 29.3 Å². The highest BCUT2D eigenvalue weighted by atomic mass is 16.6. The van der Waals surface area contributed by atoms with E-state index in [2.05, 4.69) is 31.9 Å². The van der Waals surface area contributed by atoms with Crippen LogP contribution in [0.15, 0.2) is 49.6 Å². The first-order valence-corrected chi connectivity index (χ1v) is 16.7. The van der Waals surface area contributed by atoms with Gasteiger partial charge in [-0.25, -0.2) is 0 Å². The molecule has 2 amide bonds. The fraction of sp³-hybridized carbons (Fsp3) is 0.639. The topological polar surface area (TPSA) is 99.6 Å². The maximum absolute atomic E-state index is 15.0. The fourth-order valence-corrected chi connectivity index (χ4v) is 8.01. The van der Waals surface area contributed by atoms with Crippen LogP contribution in [0.2, 0.25) is 0 Å². The van der Waals surface area contributed by atoms with Crippen molar-refractivity contribution in [3.05, 3.63) is 49.6 Å². The van der Waals surface area contributed by atoms with Gasteiger partial charge in [-0.05, 0) is 76.1 Å². The van der Waals surface area contributed by atoms with Crippen LogP contribution < -0.4 is 9.80 Å². The van der Waals surface area contributed by atoms with Crippen molar-refractivity contribution in [1.82, 2.24) is 4.90 Å². The second kappa shape index (κ2) is 14.1. The van der Waals surface area contributed by atoms with Gasteiger partial charge in [0.15, 0.2) is 0 Å². The number of benzene rings is 1. The molecule has 1 spiro atoms. The highest BCUT2D eigenvalue weighted by Crippen LogP contribution is 2.66. The second-order valence-electron chi connectivity index (χ2n) is 13.1. The molecule has 0 aliphatic carbocycles. The molecule has 0 saturated carbocycles. The molecule has 3 aliphatic heterocycles. The Morgan fingerprint density at radius 2 is 1.80 bits per heavy atom. The van der Waals surface area contributed by atoms with Crippen LogP contribution in [0.1, 0.15) is 67.2 Å². The van der Waals surface area contributed by atoms with Crippen molar-refractivity contribution in [3.63, 3.8) is 0 Å². The molecule has 8 atom stereocenters. The third-order valence-electron chi connectivity index (χ3n) is 10.8. The minimum atomic E-state index is -1.24. The second-order valence-corrected chi connectivity index (χ2v) is 13.1. The van der Waals surface area contributed by atoms with Crippen LogP contribution in [0.5, 0.6) is 0 Å².